The van der Waals surface area contributed by atoms with Gasteiger partial charge in [-0.05, 0) is 30.5 Å². The Morgan fingerprint density at radius 1 is 1.42 bits per heavy atom. The number of carbonyl (C=O) groups is 1. The molecule has 2 N–H and O–H groups in total. The van der Waals surface area contributed by atoms with Crippen molar-refractivity contribution in [3.05, 3.63) is 47.1 Å². The van der Waals surface area contributed by atoms with E-state index in [4.69, 9.17) is 16.7 Å². The number of nitrogens with zero attached hydrogens (tertiary/aromatic N) is 1. The first-order chi connectivity index (χ1) is 9.10. The molecule has 98 valence electrons. The maximum Gasteiger partial charge on any atom is 0.337 e. The molecule has 0 saturated heterocycles. The number of aromatic nitrogens is 1. The van der Waals surface area contributed by atoms with Gasteiger partial charge in [-0.1, -0.05) is 17.7 Å². The molecule has 1 aromatic carbocycles. The van der Waals surface area contributed by atoms with Crippen molar-refractivity contribution in [3.8, 4) is 0 Å². The van der Waals surface area contributed by atoms with Gasteiger partial charge in [-0.15, -0.1) is 11.8 Å². The average molecular weight is 295 g/mol. The van der Waals surface area contributed by atoms with Gasteiger partial charge in [0.05, 0.1) is 10.6 Å². The molecular formula is C13H11ClN2O2S. The van der Waals surface area contributed by atoms with Crippen molar-refractivity contribution in [2.75, 3.05) is 11.6 Å². The molecule has 0 amide bonds. The van der Waals surface area contributed by atoms with Gasteiger partial charge < -0.3 is 10.4 Å². The predicted octanol–water partition coefficient (Wildman–Crippen LogP) is 3.90. The van der Waals surface area contributed by atoms with Crippen molar-refractivity contribution < 1.29 is 9.90 Å². The highest BCUT2D eigenvalue weighted by Crippen LogP contribution is 2.23. The number of aromatic carboxylic acids is 1. The van der Waals surface area contributed by atoms with Crippen molar-refractivity contribution in [3.63, 3.8) is 0 Å². The van der Waals surface area contributed by atoms with Crippen LogP contribution in [0.25, 0.3) is 0 Å². The van der Waals surface area contributed by atoms with Gasteiger partial charge >= 0.3 is 5.97 Å². The number of carboxylic acid groups (broad SMARTS) is 1. The van der Waals surface area contributed by atoms with Crippen LogP contribution in [-0.2, 0) is 0 Å². The second-order valence-electron chi connectivity index (χ2n) is 3.71. The van der Waals surface area contributed by atoms with Crippen LogP contribution in [0.4, 0.5) is 11.5 Å². The Hall–Kier alpha value is -1.72. The van der Waals surface area contributed by atoms with Crippen molar-refractivity contribution >= 4 is 40.8 Å². The number of hydrogen-bond donors (Lipinski definition) is 2. The van der Waals surface area contributed by atoms with E-state index in [9.17, 15) is 4.79 Å². The third-order valence-corrected chi connectivity index (χ3v) is 3.45. The first kappa shape index (κ1) is 13.7. The maximum absolute atomic E-state index is 11.0. The Kier molecular flexibility index (Phi) is 4.29. The highest BCUT2D eigenvalue weighted by Gasteiger charge is 2.10. The molecule has 19 heavy (non-hydrogen) atoms. The number of anilines is 2. The molecule has 0 fully saturated rings. The molecule has 0 aliphatic heterocycles. The largest absolute Gasteiger partial charge is 0.478 e. The summed E-state index contributed by atoms with van der Waals surface area (Å²) in [6, 6.07) is 9.17. The van der Waals surface area contributed by atoms with Gasteiger partial charge in [-0.25, -0.2) is 9.78 Å². The average Bonchev–Trinajstić information content (AvgIpc) is 2.41. The normalized spacial score (nSPS) is 10.2. The fourth-order valence-corrected chi connectivity index (χ4v) is 2.16. The summed E-state index contributed by atoms with van der Waals surface area (Å²) >= 11 is 7.40. The lowest BCUT2D eigenvalue weighted by atomic mass is 10.2. The van der Waals surface area contributed by atoms with Gasteiger partial charge in [0.1, 0.15) is 5.82 Å². The van der Waals surface area contributed by atoms with Crippen LogP contribution in [0.5, 0.6) is 0 Å². The predicted molar refractivity (Wildman–Crippen MR) is 77.7 cm³/mol. The van der Waals surface area contributed by atoms with E-state index in [0.717, 1.165) is 10.6 Å². The summed E-state index contributed by atoms with van der Waals surface area (Å²) in [5.41, 5.74) is 0.873. The van der Waals surface area contributed by atoms with Crippen molar-refractivity contribution in [1.82, 2.24) is 4.98 Å². The zero-order chi connectivity index (χ0) is 13.8. The molecular weight excluding hydrogens is 284 g/mol. The fraction of sp³-hybridized carbons (Fsp3) is 0.0769. The van der Waals surface area contributed by atoms with E-state index in [1.165, 1.54) is 12.3 Å². The summed E-state index contributed by atoms with van der Waals surface area (Å²) < 4.78 is 0. The van der Waals surface area contributed by atoms with Crippen LogP contribution in [0.1, 0.15) is 10.4 Å². The smallest absolute Gasteiger partial charge is 0.337 e. The Labute approximate surface area is 119 Å². The van der Waals surface area contributed by atoms with E-state index in [-0.39, 0.29) is 10.6 Å². The molecule has 0 atom stereocenters. The quantitative estimate of drug-likeness (QED) is 0.837. The molecule has 0 radical (unpaired) electrons. The lowest BCUT2D eigenvalue weighted by Crippen LogP contribution is -2.01. The van der Waals surface area contributed by atoms with Crippen LogP contribution in [0, 0.1) is 0 Å². The topological polar surface area (TPSA) is 62.2 Å². The number of hydrogen-bond acceptors (Lipinski definition) is 4. The van der Waals surface area contributed by atoms with Crippen LogP contribution in [0.2, 0.25) is 5.02 Å². The summed E-state index contributed by atoms with van der Waals surface area (Å²) in [7, 11) is 0. The summed E-state index contributed by atoms with van der Waals surface area (Å²) in [6.07, 6.45) is 3.31. The first-order valence-corrected chi connectivity index (χ1v) is 7.00. The third-order valence-electron chi connectivity index (χ3n) is 2.43. The lowest BCUT2D eigenvalue weighted by molar-refractivity contribution is 0.0697. The van der Waals surface area contributed by atoms with E-state index in [2.05, 4.69) is 10.3 Å². The molecule has 1 heterocycles. The molecule has 0 aliphatic carbocycles. The van der Waals surface area contributed by atoms with Crippen LogP contribution >= 0.6 is 23.4 Å². The molecule has 2 rings (SSSR count). The van der Waals surface area contributed by atoms with Gasteiger partial charge in [0.25, 0.3) is 0 Å². The van der Waals surface area contributed by atoms with Crippen LogP contribution < -0.4 is 5.32 Å². The Morgan fingerprint density at radius 2 is 2.21 bits per heavy atom. The number of benzene rings is 1. The molecule has 4 nitrogen and oxygen atoms in total. The summed E-state index contributed by atoms with van der Waals surface area (Å²) in [6.45, 7) is 0. The molecule has 0 bridgehead atoms. The number of halogens is 1. The number of rotatable bonds is 4. The number of carboxylic acids is 1. The molecule has 6 heteroatoms. The Balaban J connectivity index is 2.28. The van der Waals surface area contributed by atoms with Gasteiger partial charge in [0, 0.05) is 16.8 Å². The van der Waals surface area contributed by atoms with E-state index in [0.29, 0.717) is 5.82 Å². The minimum absolute atomic E-state index is 0.0280. The van der Waals surface area contributed by atoms with Crippen molar-refractivity contribution in [2.45, 2.75) is 4.90 Å². The van der Waals surface area contributed by atoms with E-state index >= 15 is 0 Å². The third kappa shape index (κ3) is 3.39. The van der Waals surface area contributed by atoms with Gasteiger partial charge in [0.15, 0.2) is 0 Å². The summed E-state index contributed by atoms with van der Waals surface area (Å²) in [5.74, 6) is -0.631. The molecule has 0 spiro atoms. The SMILES string of the molecule is CSc1cccc(Nc2cc(C(=O)O)c(Cl)cn2)c1. The number of thioether (sulfide) groups is 1. The van der Waals surface area contributed by atoms with E-state index < -0.39 is 5.97 Å². The lowest BCUT2D eigenvalue weighted by Gasteiger charge is -2.08. The highest BCUT2D eigenvalue weighted by atomic mass is 35.5. The van der Waals surface area contributed by atoms with Gasteiger partial charge in [-0.3, -0.25) is 0 Å². The minimum Gasteiger partial charge on any atom is -0.478 e. The zero-order valence-corrected chi connectivity index (χ0v) is 11.6. The molecule has 1 aromatic heterocycles. The van der Waals surface area contributed by atoms with E-state index in [1.807, 2.05) is 30.5 Å². The van der Waals surface area contributed by atoms with Gasteiger partial charge in [0.2, 0.25) is 0 Å². The number of pyridine rings is 1. The minimum atomic E-state index is -1.08. The molecule has 0 saturated carbocycles. The van der Waals surface area contributed by atoms with Gasteiger partial charge in [-0.2, -0.15) is 0 Å². The first-order valence-electron chi connectivity index (χ1n) is 5.40. The number of nitrogens with one attached hydrogen (secondary N) is 1. The van der Waals surface area contributed by atoms with Crippen LogP contribution in [-0.4, -0.2) is 22.3 Å². The highest BCUT2D eigenvalue weighted by molar-refractivity contribution is 7.98. The van der Waals surface area contributed by atoms with Crippen LogP contribution in [0.3, 0.4) is 0 Å². The molecule has 0 aliphatic rings. The van der Waals surface area contributed by atoms with Crippen molar-refractivity contribution in [2.24, 2.45) is 0 Å². The monoisotopic (exact) mass is 294 g/mol. The second-order valence-corrected chi connectivity index (χ2v) is 5.00. The fourth-order valence-electron chi connectivity index (χ4n) is 1.52. The van der Waals surface area contributed by atoms with Crippen LogP contribution in [0.15, 0.2) is 41.4 Å². The summed E-state index contributed by atoms with van der Waals surface area (Å²) in [4.78, 5) is 16.2. The standard InChI is InChI=1S/C13H11ClN2O2S/c1-19-9-4-2-3-8(5-9)16-12-6-10(13(17)18)11(14)7-15-12/h2-7H,1H3,(H,15,16)(H,17,18). The summed E-state index contributed by atoms with van der Waals surface area (Å²) in [5, 5.41) is 12.2. The Morgan fingerprint density at radius 3 is 2.89 bits per heavy atom. The maximum atomic E-state index is 11.0. The van der Waals surface area contributed by atoms with Crippen molar-refractivity contribution in [1.29, 1.82) is 0 Å². The zero-order valence-electron chi connectivity index (χ0n) is 10.1. The Bertz CT molecular complexity index is 619. The second kappa shape index (κ2) is 5.95. The van der Waals surface area contributed by atoms with E-state index in [1.54, 1.807) is 11.8 Å². The molecule has 0 unspecified atom stereocenters. The molecule has 2 aromatic rings.